The summed E-state index contributed by atoms with van der Waals surface area (Å²) < 4.78 is 16.9. The molecular formula is C21H23N5OS. The molecule has 0 amide bonds. The molecule has 28 heavy (non-hydrogen) atoms. The average Bonchev–Trinajstić information content (AvgIpc) is 3.06. The van der Waals surface area contributed by atoms with Gasteiger partial charge in [-0.25, -0.2) is 9.19 Å². The Morgan fingerprint density at radius 1 is 1.14 bits per heavy atom. The highest BCUT2D eigenvalue weighted by atomic mass is 32.2. The van der Waals surface area contributed by atoms with E-state index >= 15 is 0 Å². The molecular weight excluding hydrogens is 370 g/mol. The standard InChI is InChI=1S/C21H23N5OS/c1-12(2)20-19(14-6-7-22-13(3)8-14)16-9-15-11-23-25-18(15)10-17(16)21(24-20)26-28(4,5)27/h6-12H,1-5H3,(H,23,25). The van der Waals surface area contributed by atoms with E-state index in [-0.39, 0.29) is 5.92 Å². The lowest BCUT2D eigenvalue weighted by molar-refractivity contribution is 0.684. The van der Waals surface area contributed by atoms with Gasteiger partial charge in [0.25, 0.3) is 0 Å². The van der Waals surface area contributed by atoms with Gasteiger partial charge in [-0.1, -0.05) is 13.8 Å². The Kier molecular flexibility index (Phi) is 4.42. The van der Waals surface area contributed by atoms with Crippen LogP contribution in [0, 0.1) is 6.92 Å². The number of fused-ring (bicyclic) bond motifs is 2. The number of rotatable bonds is 3. The number of nitrogens with one attached hydrogen (secondary N) is 1. The van der Waals surface area contributed by atoms with E-state index in [9.17, 15) is 4.21 Å². The van der Waals surface area contributed by atoms with Gasteiger partial charge in [0.15, 0.2) is 5.82 Å². The Hall–Kier alpha value is -2.80. The second-order valence-electron chi connectivity index (χ2n) is 7.66. The maximum atomic E-state index is 12.5. The van der Waals surface area contributed by atoms with Gasteiger partial charge in [-0.2, -0.15) is 9.46 Å². The van der Waals surface area contributed by atoms with Gasteiger partial charge < -0.3 is 0 Å². The molecule has 0 spiro atoms. The summed E-state index contributed by atoms with van der Waals surface area (Å²) in [6.07, 6.45) is 6.89. The van der Waals surface area contributed by atoms with E-state index in [0.717, 1.165) is 44.2 Å². The molecule has 6 nitrogen and oxygen atoms in total. The highest BCUT2D eigenvalue weighted by Crippen LogP contribution is 2.40. The summed E-state index contributed by atoms with van der Waals surface area (Å²) in [5, 5.41) is 10.1. The van der Waals surface area contributed by atoms with Gasteiger partial charge in [0, 0.05) is 50.5 Å². The molecule has 0 aliphatic carbocycles. The molecule has 0 atom stereocenters. The zero-order valence-electron chi connectivity index (χ0n) is 16.6. The fraction of sp³-hybridized carbons (Fsp3) is 0.286. The van der Waals surface area contributed by atoms with Crippen molar-refractivity contribution in [1.29, 1.82) is 0 Å². The van der Waals surface area contributed by atoms with Gasteiger partial charge in [-0.15, -0.1) is 0 Å². The van der Waals surface area contributed by atoms with Gasteiger partial charge in [-0.05, 0) is 48.1 Å². The molecule has 0 fully saturated rings. The molecule has 0 saturated heterocycles. The summed E-state index contributed by atoms with van der Waals surface area (Å²) >= 11 is 0. The van der Waals surface area contributed by atoms with E-state index in [2.05, 4.69) is 45.5 Å². The first kappa shape index (κ1) is 18.6. The Labute approximate surface area is 164 Å². The van der Waals surface area contributed by atoms with E-state index in [1.54, 1.807) is 12.5 Å². The van der Waals surface area contributed by atoms with Crippen molar-refractivity contribution in [1.82, 2.24) is 20.2 Å². The normalized spacial score (nSPS) is 12.2. The predicted octanol–water partition coefficient (Wildman–Crippen LogP) is 4.96. The molecule has 0 aliphatic rings. The van der Waals surface area contributed by atoms with Gasteiger partial charge in [-0.3, -0.25) is 10.1 Å². The predicted molar refractivity (Wildman–Crippen MR) is 116 cm³/mol. The van der Waals surface area contributed by atoms with E-state index in [1.165, 1.54) is 0 Å². The monoisotopic (exact) mass is 393 g/mol. The Morgan fingerprint density at radius 2 is 1.93 bits per heavy atom. The first-order chi connectivity index (χ1) is 13.2. The first-order valence-electron chi connectivity index (χ1n) is 9.14. The summed E-state index contributed by atoms with van der Waals surface area (Å²) in [5.74, 6) is 0.686. The van der Waals surface area contributed by atoms with Gasteiger partial charge in [0.05, 0.1) is 17.4 Å². The van der Waals surface area contributed by atoms with Gasteiger partial charge >= 0.3 is 0 Å². The zero-order chi connectivity index (χ0) is 20.1. The van der Waals surface area contributed by atoms with E-state index in [1.807, 2.05) is 31.5 Å². The topological polar surface area (TPSA) is 83.9 Å². The Bertz CT molecular complexity index is 1320. The van der Waals surface area contributed by atoms with Crippen LogP contribution in [-0.2, 0) is 9.73 Å². The quantitative estimate of drug-likeness (QED) is 0.533. The fourth-order valence-corrected chi connectivity index (χ4v) is 4.01. The summed E-state index contributed by atoms with van der Waals surface area (Å²) in [6.45, 7) is 6.21. The van der Waals surface area contributed by atoms with Crippen LogP contribution in [0.3, 0.4) is 0 Å². The number of aryl methyl sites for hydroxylation is 1. The molecule has 144 valence electrons. The van der Waals surface area contributed by atoms with E-state index in [0.29, 0.717) is 5.82 Å². The van der Waals surface area contributed by atoms with E-state index in [4.69, 9.17) is 4.98 Å². The average molecular weight is 394 g/mol. The molecule has 1 N–H and O–H groups in total. The highest BCUT2D eigenvalue weighted by Gasteiger charge is 2.19. The smallest absolute Gasteiger partial charge is 0.169 e. The number of H-pyrrole nitrogens is 1. The maximum absolute atomic E-state index is 12.5. The third kappa shape index (κ3) is 3.38. The van der Waals surface area contributed by atoms with E-state index < -0.39 is 9.73 Å². The van der Waals surface area contributed by atoms with Crippen molar-refractivity contribution in [2.45, 2.75) is 26.7 Å². The summed E-state index contributed by atoms with van der Waals surface area (Å²) in [4.78, 5) is 9.22. The number of hydrogen-bond donors (Lipinski definition) is 1. The second-order valence-corrected chi connectivity index (χ2v) is 10.2. The number of benzene rings is 1. The third-order valence-corrected chi connectivity index (χ3v) is 5.22. The van der Waals surface area contributed by atoms with Crippen LogP contribution in [0.2, 0.25) is 0 Å². The number of aromatic nitrogens is 4. The van der Waals surface area contributed by atoms with Crippen molar-refractivity contribution in [3.05, 3.63) is 48.0 Å². The highest BCUT2D eigenvalue weighted by molar-refractivity contribution is 7.92. The molecule has 0 saturated carbocycles. The lowest BCUT2D eigenvalue weighted by Gasteiger charge is -2.17. The maximum Gasteiger partial charge on any atom is 0.169 e. The first-order valence-corrected chi connectivity index (χ1v) is 11.5. The van der Waals surface area contributed by atoms with Crippen LogP contribution in [0.1, 0.15) is 31.2 Å². The fourth-order valence-electron chi connectivity index (χ4n) is 3.45. The Balaban J connectivity index is 2.22. The van der Waals surface area contributed by atoms with Gasteiger partial charge in [0.2, 0.25) is 0 Å². The minimum absolute atomic E-state index is 0.173. The molecule has 7 heteroatoms. The van der Waals surface area contributed by atoms with Crippen molar-refractivity contribution >= 4 is 37.2 Å². The lowest BCUT2D eigenvalue weighted by atomic mass is 9.92. The minimum atomic E-state index is -2.36. The van der Waals surface area contributed by atoms with Crippen LogP contribution in [0.15, 0.2) is 41.0 Å². The number of pyridine rings is 2. The molecule has 4 rings (SSSR count). The summed E-state index contributed by atoms with van der Waals surface area (Å²) in [5.41, 5.74) is 4.92. The van der Waals surface area contributed by atoms with Crippen LogP contribution in [-0.4, -0.2) is 36.9 Å². The van der Waals surface area contributed by atoms with Crippen LogP contribution in [0.25, 0.3) is 32.8 Å². The molecule has 0 aliphatic heterocycles. The van der Waals surface area contributed by atoms with Crippen LogP contribution in [0.4, 0.5) is 5.82 Å². The lowest BCUT2D eigenvalue weighted by Crippen LogP contribution is -2.01. The van der Waals surface area contributed by atoms with Crippen molar-refractivity contribution in [2.24, 2.45) is 4.36 Å². The zero-order valence-corrected chi connectivity index (χ0v) is 17.5. The van der Waals surface area contributed by atoms with Crippen LogP contribution < -0.4 is 0 Å². The number of nitrogens with zero attached hydrogens (tertiary/aromatic N) is 4. The molecule has 3 aromatic heterocycles. The second kappa shape index (κ2) is 6.67. The van der Waals surface area contributed by atoms with Crippen molar-refractivity contribution in [3.8, 4) is 11.1 Å². The summed E-state index contributed by atoms with van der Waals surface area (Å²) in [7, 11) is -2.36. The number of aromatic amines is 1. The Morgan fingerprint density at radius 3 is 2.61 bits per heavy atom. The summed E-state index contributed by atoms with van der Waals surface area (Å²) in [6, 6.07) is 8.19. The third-order valence-electron chi connectivity index (χ3n) is 4.61. The van der Waals surface area contributed by atoms with Crippen LogP contribution >= 0.6 is 0 Å². The molecule has 4 aromatic rings. The molecule has 0 radical (unpaired) electrons. The SMILES string of the molecule is Cc1cc(-c2c(C(C)C)nc(N=S(C)(C)=O)c3cc4[nH]ncc4cc23)ccn1. The molecule has 0 bridgehead atoms. The molecule has 1 aromatic carbocycles. The van der Waals surface area contributed by atoms with Crippen molar-refractivity contribution in [2.75, 3.05) is 12.5 Å². The molecule has 3 heterocycles. The number of hydrogen-bond acceptors (Lipinski definition) is 5. The van der Waals surface area contributed by atoms with Crippen LogP contribution in [0.5, 0.6) is 0 Å². The minimum Gasteiger partial charge on any atom is -0.278 e. The molecule has 0 unspecified atom stereocenters. The van der Waals surface area contributed by atoms with Crippen molar-refractivity contribution in [3.63, 3.8) is 0 Å². The van der Waals surface area contributed by atoms with Gasteiger partial charge in [0.1, 0.15) is 0 Å². The van der Waals surface area contributed by atoms with Crippen molar-refractivity contribution < 1.29 is 4.21 Å². The largest absolute Gasteiger partial charge is 0.278 e.